The van der Waals surface area contributed by atoms with Crippen molar-refractivity contribution in [1.82, 2.24) is 14.9 Å². The van der Waals surface area contributed by atoms with Gasteiger partial charge < -0.3 is 15.1 Å². The van der Waals surface area contributed by atoms with Crippen LogP contribution in [0.15, 0.2) is 67.0 Å². The highest BCUT2D eigenvalue weighted by Gasteiger charge is 2.58. The minimum absolute atomic E-state index is 0.185. The van der Waals surface area contributed by atoms with E-state index in [2.05, 4.69) is 86.7 Å². The van der Waals surface area contributed by atoms with Crippen molar-refractivity contribution in [2.24, 2.45) is 5.41 Å². The van der Waals surface area contributed by atoms with Gasteiger partial charge in [-0.3, -0.25) is 4.84 Å². The van der Waals surface area contributed by atoms with Crippen molar-refractivity contribution in [1.29, 1.82) is 0 Å². The van der Waals surface area contributed by atoms with Crippen LogP contribution in [0.1, 0.15) is 24.4 Å². The van der Waals surface area contributed by atoms with Gasteiger partial charge in [0.25, 0.3) is 0 Å². The summed E-state index contributed by atoms with van der Waals surface area (Å²) < 4.78 is 0. The Balaban J connectivity index is 1.19. The molecule has 2 aliphatic heterocycles. The third-order valence-corrected chi connectivity index (χ3v) is 7.20. The molecule has 3 aromatic rings. The van der Waals surface area contributed by atoms with Gasteiger partial charge in [-0.2, -0.15) is 0 Å². The van der Waals surface area contributed by atoms with E-state index in [0.29, 0.717) is 0 Å². The molecule has 0 radical (unpaired) electrons. The van der Waals surface area contributed by atoms with Crippen molar-refractivity contribution in [2.45, 2.75) is 18.9 Å². The van der Waals surface area contributed by atoms with E-state index in [9.17, 15) is 0 Å². The Morgan fingerprint density at radius 3 is 2.42 bits per heavy atom. The molecule has 1 saturated carbocycles. The molecule has 0 unspecified atom stereocenters. The van der Waals surface area contributed by atoms with Crippen LogP contribution in [0.3, 0.4) is 0 Å². The molecule has 1 aromatic heterocycles. The van der Waals surface area contributed by atoms with E-state index < -0.39 is 0 Å². The Morgan fingerprint density at radius 1 is 0.939 bits per heavy atom. The van der Waals surface area contributed by atoms with E-state index in [1.165, 1.54) is 24.1 Å². The SMILES string of the molecule is CN1CCN(c2ccc(Nc3cc(N4OCC5(CC5)[C@@H]4c4ccccc4)ncn3)cc2)CC1. The summed E-state index contributed by atoms with van der Waals surface area (Å²) in [7, 11) is 2.18. The fraction of sp³-hybridized carbons (Fsp3) is 0.385. The number of benzene rings is 2. The predicted octanol–water partition coefficient (Wildman–Crippen LogP) is 4.25. The van der Waals surface area contributed by atoms with Crippen LogP contribution in [-0.4, -0.2) is 54.7 Å². The van der Waals surface area contributed by atoms with Gasteiger partial charge in [0.15, 0.2) is 5.82 Å². The van der Waals surface area contributed by atoms with Gasteiger partial charge in [-0.15, -0.1) is 0 Å². The molecule has 1 spiro atoms. The molecule has 1 N–H and O–H groups in total. The van der Waals surface area contributed by atoms with Crippen LogP contribution < -0.4 is 15.3 Å². The Morgan fingerprint density at radius 2 is 1.70 bits per heavy atom. The molecule has 0 bridgehead atoms. The van der Waals surface area contributed by atoms with Crippen molar-refractivity contribution in [2.75, 3.05) is 55.1 Å². The van der Waals surface area contributed by atoms with Gasteiger partial charge in [-0.1, -0.05) is 30.3 Å². The number of nitrogens with one attached hydrogen (secondary N) is 1. The van der Waals surface area contributed by atoms with Crippen LogP contribution in [0.4, 0.5) is 23.0 Å². The second kappa shape index (κ2) is 8.32. The number of hydrogen-bond acceptors (Lipinski definition) is 7. The first-order chi connectivity index (χ1) is 16.2. The number of likely N-dealkylation sites (N-methyl/N-ethyl adjacent to an activating group) is 1. The molecule has 1 atom stereocenters. The predicted molar refractivity (Wildman–Crippen MR) is 131 cm³/mol. The summed E-state index contributed by atoms with van der Waals surface area (Å²) >= 11 is 0. The van der Waals surface area contributed by atoms with Crippen molar-refractivity contribution >= 4 is 23.0 Å². The maximum Gasteiger partial charge on any atom is 0.158 e. The molecule has 3 aliphatic rings. The van der Waals surface area contributed by atoms with E-state index in [-0.39, 0.29) is 11.5 Å². The molecule has 3 fully saturated rings. The van der Waals surface area contributed by atoms with Gasteiger partial charge in [0.2, 0.25) is 0 Å². The highest BCUT2D eigenvalue weighted by molar-refractivity contribution is 5.63. The maximum atomic E-state index is 6.19. The Labute approximate surface area is 195 Å². The second-order valence-electron chi connectivity index (χ2n) is 9.50. The third kappa shape index (κ3) is 4.03. The summed E-state index contributed by atoms with van der Waals surface area (Å²) in [5, 5.41) is 5.43. The summed E-state index contributed by atoms with van der Waals surface area (Å²) in [6.45, 7) is 5.09. The lowest BCUT2D eigenvalue weighted by atomic mass is 9.91. The zero-order valence-electron chi connectivity index (χ0n) is 19.0. The molecular weight excluding hydrogens is 412 g/mol. The molecule has 0 amide bonds. The molecule has 2 aromatic carbocycles. The average Bonchev–Trinajstić information content (AvgIpc) is 3.53. The zero-order chi connectivity index (χ0) is 22.3. The monoisotopic (exact) mass is 442 g/mol. The van der Waals surface area contributed by atoms with Crippen LogP contribution in [0, 0.1) is 5.41 Å². The standard InChI is InChI=1S/C26H30N6O/c1-30-13-15-31(16-14-30)22-9-7-21(8-10-22)29-23-17-24(28-19-27-23)32-25(20-5-3-2-4-6-20)26(11-12-26)18-33-32/h2-10,17,19,25H,11-16,18H2,1H3,(H,27,28,29)/t25-/m0/s1. The molecule has 6 rings (SSSR count). The summed E-state index contributed by atoms with van der Waals surface area (Å²) in [6.07, 6.45) is 4.00. The maximum absolute atomic E-state index is 6.19. The first-order valence-corrected chi connectivity index (χ1v) is 11.8. The van der Waals surface area contributed by atoms with Gasteiger partial charge in [-0.05, 0) is 49.7 Å². The van der Waals surface area contributed by atoms with E-state index in [4.69, 9.17) is 4.84 Å². The van der Waals surface area contributed by atoms with Crippen molar-refractivity contribution in [3.8, 4) is 0 Å². The number of rotatable bonds is 5. The number of hydroxylamine groups is 1. The molecule has 3 heterocycles. The Bertz CT molecular complexity index is 1090. The van der Waals surface area contributed by atoms with E-state index in [0.717, 1.165) is 50.1 Å². The van der Waals surface area contributed by atoms with Crippen molar-refractivity contribution < 1.29 is 4.84 Å². The van der Waals surface area contributed by atoms with E-state index in [1.807, 2.05) is 11.1 Å². The van der Waals surface area contributed by atoms with Crippen LogP contribution in [-0.2, 0) is 4.84 Å². The number of anilines is 4. The fourth-order valence-electron chi connectivity index (χ4n) is 5.01. The highest BCUT2D eigenvalue weighted by Crippen LogP contribution is 2.61. The summed E-state index contributed by atoms with van der Waals surface area (Å²) in [6, 6.07) is 21.4. The van der Waals surface area contributed by atoms with E-state index >= 15 is 0 Å². The lowest BCUT2D eigenvalue weighted by Crippen LogP contribution is -2.44. The molecule has 7 heteroatoms. The first kappa shape index (κ1) is 20.4. The largest absolute Gasteiger partial charge is 0.369 e. The van der Waals surface area contributed by atoms with Gasteiger partial charge in [0.05, 0.1) is 12.6 Å². The smallest absolute Gasteiger partial charge is 0.158 e. The second-order valence-corrected chi connectivity index (χ2v) is 9.50. The van der Waals surface area contributed by atoms with Gasteiger partial charge in [-0.25, -0.2) is 15.0 Å². The quantitative estimate of drug-likeness (QED) is 0.634. The minimum Gasteiger partial charge on any atom is -0.369 e. The Kier molecular flexibility index (Phi) is 5.15. The molecular formula is C26H30N6O. The number of aromatic nitrogens is 2. The van der Waals surface area contributed by atoms with Gasteiger partial charge >= 0.3 is 0 Å². The Hall–Kier alpha value is -3.16. The lowest BCUT2D eigenvalue weighted by Gasteiger charge is -2.34. The zero-order valence-corrected chi connectivity index (χ0v) is 19.0. The van der Waals surface area contributed by atoms with Gasteiger partial charge in [0, 0.05) is 49.0 Å². The summed E-state index contributed by atoms with van der Waals surface area (Å²) in [4.78, 5) is 20.0. The van der Waals surface area contributed by atoms with Crippen LogP contribution >= 0.6 is 0 Å². The minimum atomic E-state index is 0.185. The topological polar surface area (TPSA) is 56.8 Å². The summed E-state index contributed by atoms with van der Waals surface area (Å²) in [5.74, 6) is 1.55. The normalized spacial score (nSPS) is 22.0. The van der Waals surface area contributed by atoms with Crippen molar-refractivity contribution in [3.63, 3.8) is 0 Å². The van der Waals surface area contributed by atoms with Crippen LogP contribution in [0.5, 0.6) is 0 Å². The van der Waals surface area contributed by atoms with Gasteiger partial charge in [0.1, 0.15) is 12.1 Å². The molecule has 2 saturated heterocycles. The van der Waals surface area contributed by atoms with Crippen molar-refractivity contribution in [3.05, 3.63) is 72.6 Å². The first-order valence-electron chi connectivity index (χ1n) is 11.8. The third-order valence-electron chi connectivity index (χ3n) is 7.20. The molecule has 33 heavy (non-hydrogen) atoms. The average molecular weight is 443 g/mol. The van der Waals surface area contributed by atoms with E-state index in [1.54, 1.807) is 6.33 Å². The van der Waals surface area contributed by atoms with Crippen LogP contribution in [0.25, 0.3) is 0 Å². The number of hydrogen-bond donors (Lipinski definition) is 1. The molecule has 1 aliphatic carbocycles. The summed E-state index contributed by atoms with van der Waals surface area (Å²) in [5.41, 5.74) is 3.76. The molecule has 7 nitrogen and oxygen atoms in total. The number of piperazine rings is 1. The highest BCUT2D eigenvalue weighted by atomic mass is 16.7. The molecule has 170 valence electrons. The lowest BCUT2D eigenvalue weighted by molar-refractivity contribution is 0.149. The number of nitrogens with zero attached hydrogens (tertiary/aromatic N) is 5. The fourth-order valence-corrected chi connectivity index (χ4v) is 5.01. The van der Waals surface area contributed by atoms with Crippen LogP contribution in [0.2, 0.25) is 0 Å².